The molecule has 78 valence electrons. The summed E-state index contributed by atoms with van der Waals surface area (Å²) < 4.78 is 0. The van der Waals surface area contributed by atoms with Crippen LogP contribution in [0.5, 0.6) is 0 Å². The molecule has 1 rings (SSSR count). The van der Waals surface area contributed by atoms with Crippen LogP contribution in [0.2, 0.25) is 0 Å². The van der Waals surface area contributed by atoms with E-state index in [1.54, 1.807) is 20.0 Å². The zero-order valence-electron chi connectivity index (χ0n) is 8.16. The number of hydrogen-bond donors (Lipinski definition) is 4. The number of anilines is 1. The standard InChI is InChI=1S/C8H14N4O2/c1-5(13)4-10-8(14)6-3-7(9-2)12-11-6/h3,5,13H,4H2,1-2H3,(H,10,14)(H2,9,11,12)/t5-/m1/s1. The molecule has 0 unspecified atom stereocenters. The number of hydrogen-bond acceptors (Lipinski definition) is 4. The second-order valence-corrected chi connectivity index (χ2v) is 2.98. The van der Waals surface area contributed by atoms with Crippen LogP contribution in [0.1, 0.15) is 17.4 Å². The summed E-state index contributed by atoms with van der Waals surface area (Å²) in [6, 6.07) is 1.59. The van der Waals surface area contributed by atoms with Crippen LogP contribution >= 0.6 is 0 Å². The van der Waals surface area contributed by atoms with Crippen molar-refractivity contribution in [3.05, 3.63) is 11.8 Å². The lowest BCUT2D eigenvalue weighted by Gasteiger charge is -2.04. The summed E-state index contributed by atoms with van der Waals surface area (Å²) in [6.07, 6.45) is -0.550. The minimum Gasteiger partial charge on any atom is -0.392 e. The van der Waals surface area contributed by atoms with Crippen molar-refractivity contribution in [1.82, 2.24) is 15.5 Å². The van der Waals surface area contributed by atoms with Crippen LogP contribution in [-0.4, -0.2) is 40.9 Å². The van der Waals surface area contributed by atoms with Crippen LogP contribution in [0.25, 0.3) is 0 Å². The number of nitrogens with one attached hydrogen (secondary N) is 3. The molecule has 0 fully saturated rings. The van der Waals surface area contributed by atoms with E-state index in [2.05, 4.69) is 20.8 Å². The molecule has 4 N–H and O–H groups in total. The number of aromatic nitrogens is 2. The monoisotopic (exact) mass is 198 g/mol. The van der Waals surface area contributed by atoms with Gasteiger partial charge in [-0.15, -0.1) is 0 Å². The smallest absolute Gasteiger partial charge is 0.269 e. The average Bonchev–Trinajstić information content (AvgIpc) is 2.62. The van der Waals surface area contributed by atoms with Gasteiger partial charge in [-0.1, -0.05) is 0 Å². The molecule has 0 aliphatic rings. The predicted octanol–water partition coefficient (Wildman–Crippen LogP) is -0.438. The van der Waals surface area contributed by atoms with E-state index >= 15 is 0 Å². The molecule has 6 heteroatoms. The first-order valence-electron chi connectivity index (χ1n) is 4.33. The van der Waals surface area contributed by atoms with Crippen LogP contribution in [0.4, 0.5) is 5.82 Å². The largest absolute Gasteiger partial charge is 0.392 e. The Bertz CT molecular complexity index is 308. The quantitative estimate of drug-likeness (QED) is 0.528. The number of rotatable bonds is 4. The van der Waals surface area contributed by atoms with Gasteiger partial charge in [0.1, 0.15) is 11.5 Å². The van der Waals surface area contributed by atoms with Gasteiger partial charge in [-0.25, -0.2) is 0 Å². The molecule has 1 heterocycles. The lowest BCUT2D eigenvalue weighted by molar-refractivity contribution is 0.0919. The van der Waals surface area contributed by atoms with Crippen LogP contribution in [0, 0.1) is 0 Å². The molecule has 0 aliphatic heterocycles. The Morgan fingerprint density at radius 1 is 1.79 bits per heavy atom. The van der Waals surface area contributed by atoms with Gasteiger partial charge in [0.2, 0.25) is 0 Å². The van der Waals surface area contributed by atoms with E-state index in [0.29, 0.717) is 11.5 Å². The van der Waals surface area contributed by atoms with Crippen molar-refractivity contribution in [2.24, 2.45) is 0 Å². The molecule has 6 nitrogen and oxygen atoms in total. The van der Waals surface area contributed by atoms with Gasteiger partial charge in [0.25, 0.3) is 5.91 Å². The molecule has 0 spiro atoms. The van der Waals surface area contributed by atoms with Crippen molar-refractivity contribution in [2.75, 3.05) is 18.9 Å². The lowest BCUT2D eigenvalue weighted by Crippen LogP contribution is -2.30. The highest BCUT2D eigenvalue weighted by atomic mass is 16.3. The fourth-order valence-corrected chi connectivity index (χ4v) is 0.902. The number of aliphatic hydroxyl groups is 1. The van der Waals surface area contributed by atoms with E-state index in [4.69, 9.17) is 5.11 Å². The average molecular weight is 198 g/mol. The van der Waals surface area contributed by atoms with Gasteiger partial charge in [0, 0.05) is 19.7 Å². The van der Waals surface area contributed by atoms with Crippen LogP contribution in [0.15, 0.2) is 6.07 Å². The molecular formula is C8H14N4O2. The first-order chi connectivity index (χ1) is 6.63. The maximum absolute atomic E-state index is 11.4. The van der Waals surface area contributed by atoms with Crippen molar-refractivity contribution >= 4 is 11.7 Å². The van der Waals surface area contributed by atoms with E-state index in [1.165, 1.54) is 0 Å². The van der Waals surface area contributed by atoms with Gasteiger partial charge in [0.15, 0.2) is 0 Å². The maximum atomic E-state index is 11.4. The summed E-state index contributed by atoms with van der Waals surface area (Å²) in [7, 11) is 1.72. The zero-order chi connectivity index (χ0) is 10.6. The second-order valence-electron chi connectivity index (χ2n) is 2.98. The number of amides is 1. The SMILES string of the molecule is CNc1cc(C(=O)NC[C@@H](C)O)[nH]n1. The Morgan fingerprint density at radius 2 is 2.50 bits per heavy atom. The molecule has 14 heavy (non-hydrogen) atoms. The van der Waals surface area contributed by atoms with Gasteiger partial charge in [-0.2, -0.15) is 5.10 Å². The first kappa shape index (κ1) is 10.5. The van der Waals surface area contributed by atoms with Gasteiger partial charge >= 0.3 is 0 Å². The highest BCUT2D eigenvalue weighted by Gasteiger charge is 2.09. The van der Waals surface area contributed by atoms with Crippen molar-refractivity contribution in [3.8, 4) is 0 Å². The summed E-state index contributed by atoms with van der Waals surface area (Å²) in [6.45, 7) is 1.83. The topological polar surface area (TPSA) is 90.0 Å². The van der Waals surface area contributed by atoms with E-state index in [1.807, 2.05) is 0 Å². The number of H-pyrrole nitrogens is 1. The second kappa shape index (κ2) is 4.61. The molecule has 0 saturated carbocycles. The lowest BCUT2D eigenvalue weighted by atomic mass is 10.3. The third-order valence-electron chi connectivity index (χ3n) is 1.64. The summed E-state index contributed by atoms with van der Waals surface area (Å²) in [5.74, 6) is 0.326. The number of aliphatic hydroxyl groups excluding tert-OH is 1. The third-order valence-corrected chi connectivity index (χ3v) is 1.64. The van der Waals surface area contributed by atoms with Gasteiger partial charge < -0.3 is 15.7 Å². The van der Waals surface area contributed by atoms with Gasteiger partial charge in [0.05, 0.1) is 6.10 Å². The molecule has 1 atom stereocenters. The molecule has 1 amide bonds. The van der Waals surface area contributed by atoms with Crippen LogP contribution in [0.3, 0.4) is 0 Å². The Morgan fingerprint density at radius 3 is 3.00 bits per heavy atom. The number of carbonyl (C=O) groups excluding carboxylic acids is 1. The molecule has 0 radical (unpaired) electrons. The fourth-order valence-electron chi connectivity index (χ4n) is 0.902. The molecule has 1 aromatic rings. The highest BCUT2D eigenvalue weighted by Crippen LogP contribution is 2.03. The minimum atomic E-state index is -0.550. The predicted molar refractivity (Wildman–Crippen MR) is 52.1 cm³/mol. The van der Waals surface area contributed by atoms with E-state index < -0.39 is 6.10 Å². The molecule has 0 aromatic carbocycles. The first-order valence-corrected chi connectivity index (χ1v) is 4.33. The molecule has 0 bridgehead atoms. The minimum absolute atomic E-state index is 0.229. The molecule has 0 saturated heterocycles. The Balaban J connectivity index is 2.52. The molecular weight excluding hydrogens is 184 g/mol. The van der Waals surface area contributed by atoms with Crippen LogP contribution in [-0.2, 0) is 0 Å². The summed E-state index contributed by atoms with van der Waals surface area (Å²) in [5.41, 5.74) is 0.370. The van der Waals surface area contributed by atoms with Crippen molar-refractivity contribution in [3.63, 3.8) is 0 Å². The Kier molecular flexibility index (Phi) is 3.47. The van der Waals surface area contributed by atoms with Crippen LogP contribution < -0.4 is 10.6 Å². The zero-order valence-corrected chi connectivity index (χ0v) is 8.16. The normalized spacial score (nSPS) is 12.2. The Labute approximate surface area is 81.7 Å². The number of carbonyl (C=O) groups is 1. The van der Waals surface area contributed by atoms with E-state index in [9.17, 15) is 4.79 Å². The summed E-state index contributed by atoms with van der Waals surface area (Å²) in [5, 5.41) is 20.7. The van der Waals surface area contributed by atoms with Gasteiger partial charge in [-0.05, 0) is 6.92 Å². The Hall–Kier alpha value is -1.56. The van der Waals surface area contributed by atoms with Crippen molar-refractivity contribution < 1.29 is 9.90 Å². The summed E-state index contributed by atoms with van der Waals surface area (Å²) >= 11 is 0. The van der Waals surface area contributed by atoms with Crippen molar-refractivity contribution in [1.29, 1.82) is 0 Å². The van der Waals surface area contributed by atoms with Gasteiger partial charge in [-0.3, -0.25) is 9.89 Å². The number of aromatic amines is 1. The van der Waals surface area contributed by atoms with Crippen molar-refractivity contribution in [2.45, 2.75) is 13.0 Å². The third kappa shape index (κ3) is 2.74. The fraction of sp³-hybridized carbons (Fsp3) is 0.500. The van der Waals surface area contributed by atoms with E-state index in [0.717, 1.165) is 0 Å². The molecule has 1 aromatic heterocycles. The molecule has 0 aliphatic carbocycles. The highest BCUT2D eigenvalue weighted by molar-refractivity contribution is 5.92. The number of nitrogens with zero attached hydrogens (tertiary/aromatic N) is 1. The summed E-state index contributed by atoms with van der Waals surface area (Å²) in [4.78, 5) is 11.4. The van der Waals surface area contributed by atoms with E-state index in [-0.39, 0.29) is 12.5 Å². The maximum Gasteiger partial charge on any atom is 0.269 e.